The van der Waals surface area contributed by atoms with Crippen molar-refractivity contribution in [1.29, 1.82) is 0 Å². The lowest BCUT2D eigenvalue weighted by atomic mass is 10.1. The van der Waals surface area contributed by atoms with Gasteiger partial charge in [-0.3, -0.25) is 4.79 Å². The van der Waals surface area contributed by atoms with Gasteiger partial charge in [-0.2, -0.15) is 0 Å². The number of hydrogen-bond donors (Lipinski definition) is 0. The molecular weight excluding hydrogens is 275 g/mol. The molecule has 0 amide bonds. The van der Waals surface area contributed by atoms with Gasteiger partial charge in [0.05, 0.1) is 17.7 Å². The van der Waals surface area contributed by atoms with E-state index < -0.39 is 6.10 Å². The molecule has 0 aromatic heterocycles. The number of ether oxygens (including phenoxy) is 2. The van der Waals surface area contributed by atoms with E-state index in [0.717, 1.165) is 0 Å². The smallest absolute Gasteiger partial charge is 0.192 e. The number of carbonyl (C=O) groups is 1. The first-order valence-corrected chi connectivity index (χ1v) is 6.35. The minimum Gasteiger partial charge on any atom is -0.382 e. The number of hydrogen-bond acceptors (Lipinski definition) is 3. The van der Waals surface area contributed by atoms with Crippen molar-refractivity contribution < 1.29 is 14.3 Å². The fraction of sp³-hybridized carbons (Fsp3) is 0.462. The van der Waals surface area contributed by atoms with Crippen LogP contribution in [0.5, 0.6) is 0 Å². The van der Waals surface area contributed by atoms with Crippen molar-refractivity contribution in [3.8, 4) is 0 Å². The van der Waals surface area contributed by atoms with Crippen molar-refractivity contribution in [2.45, 2.75) is 26.1 Å². The van der Waals surface area contributed by atoms with Gasteiger partial charge in [-0.25, -0.2) is 0 Å². The second-order valence-corrected chi connectivity index (χ2v) is 4.88. The maximum absolute atomic E-state index is 12.1. The number of carbonyl (C=O) groups excluding carboxylic acids is 1. The molecule has 1 aromatic rings. The maximum Gasteiger partial charge on any atom is 0.192 e. The average molecular weight is 291 g/mol. The lowest BCUT2D eigenvalue weighted by molar-refractivity contribution is -0.0214. The van der Waals surface area contributed by atoms with Crippen LogP contribution in [0.1, 0.15) is 24.2 Å². The monoisotopic (exact) mass is 290 g/mol. The SMILES string of the molecule is COCC(C)OC(C)C(=O)c1ccc(Cl)cc1Cl. The molecule has 18 heavy (non-hydrogen) atoms. The molecule has 0 N–H and O–H groups in total. The predicted molar refractivity (Wildman–Crippen MR) is 72.7 cm³/mol. The Kier molecular flexibility index (Phi) is 6.09. The Morgan fingerprint density at radius 2 is 2.00 bits per heavy atom. The van der Waals surface area contributed by atoms with Crippen LogP contribution in [0.2, 0.25) is 10.0 Å². The second-order valence-electron chi connectivity index (χ2n) is 4.03. The predicted octanol–water partition coefficient (Wildman–Crippen LogP) is 3.62. The Bertz CT molecular complexity index is 421. The molecule has 2 atom stereocenters. The van der Waals surface area contributed by atoms with Gasteiger partial charge in [0.2, 0.25) is 0 Å². The van der Waals surface area contributed by atoms with Crippen molar-refractivity contribution in [2.75, 3.05) is 13.7 Å². The molecule has 3 nitrogen and oxygen atoms in total. The lowest BCUT2D eigenvalue weighted by Gasteiger charge is -2.18. The van der Waals surface area contributed by atoms with Crippen LogP contribution in [0.4, 0.5) is 0 Å². The average Bonchev–Trinajstić information content (AvgIpc) is 2.28. The normalized spacial score (nSPS) is 14.3. The highest BCUT2D eigenvalue weighted by Crippen LogP contribution is 2.23. The van der Waals surface area contributed by atoms with Gasteiger partial charge < -0.3 is 9.47 Å². The molecule has 0 radical (unpaired) electrons. The molecule has 0 aliphatic heterocycles. The van der Waals surface area contributed by atoms with E-state index in [9.17, 15) is 4.79 Å². The Hall–Kier alpha value is -0.610. The van der Waals surface area contributed by atoms with Gasteiger partial charge in [0, 0.05) is 17.7 Å². The van der Waals surface area contributed by atoms with Crippen LogP contribution < -0.4 is 0 Å². The molecule has 0 saturated heterocycles. The Balaban J connectivity index is 2.74. The summed E-state index contributed by atoms with van der Waals surface area (Å²) >= 11 is 11.8. The minimum atomic E-state index is -0.575. The van der Waals surface area contributed by atoms with Crippen molar-refractivity contribution in [3.63, 3.8) is 0 Å². The summed E-state index contributed by atoms with van der Waals surface area (Å²) < 4.78 is 10.5. The number of rotatable bonds is 6. The number of benzene rings is 1. The quantitative estimate of drug-likeness (QED) is 0.751. The summed E-state index contributed by atoms with van der Waals surface area (Å²) in [6, 6.07) is 4.78. The third kappa shape index (κ3) is 4.25. The Labute approximate surface area is 117 Å². The molecule has 2 unspecified atom stereocenters. The van der Waals surface area contributed by atoms with Crippen LogP contribution in [0.15, 0.2) is 18.2 Å². The van der Waals surface area contributed by atoms with Crippen molar-refractivity contribution in [1.82, 2.24) is 0 Å². The van der Waals surface area contributed by atoms with E-state index in [4.69, 9.17) is 32.7 Å². The molecule has 5 heteroatoms. The fourth-order valence-electron chi connectivity index (χ4n) is 1.59. The third-order valence-electron chi connectivity index (χ3n) is 2.40. The first-order valence-electron chi connectivity index (χ1n) is 5.59. The number of halogens is 2. The number of Topliss-reactive ketones (excluding diaryl/α,β-unsaturated/α-hetero) is 1. The molecule has 0 aliphatic rings. The van der Waals surface area contributed by atoms with Gasteiger partial charge in [-0.05, 0) is 32.0 Å². The van der Waals surface area contributed by atoms with Gasteiger partial charge in [-0.1, -0.05) is 23.2 Å². The van der Waals surface area contributed by atoms with E-state index in [1.807, 2.05) is 6.92 Å². The van der Waals surface area contributed by atoms with E-state index in [1.54, 1.807) is 32.2 Å². The van der Waals surface area contributed by atoms with Gasteiger partial charge >= 0.3 is 0 Å². The van der Waals surface area contributed by atoms with Crippen LogP contribution >= 0.6 is 23.2 Å². The highest BCUT2D eigenvalue weighted by molar-refractivity contribution is 6.37. The van der Waals surface area contributed by atoms with Crippen molar-refractivity contribution in [3.05, 3.63) is 33.8 Å². The zero-order valence-corrected chi connectivity index (χ0v) is 12.1. The number of ketones is 1. The summed E-state index contributed by atoms with van der Waals surface area (Å²) in [5.74, 6) is -0.167. The van der Waals surface area contributed by atoms with E-state index in [2.05, 4.69) is 0 Å². The first-order chi connectivity index (χ1) is 8.45. The van der Waals surface area contributed by atoms with Crippen LogP contribution in [0.25, 0.3) is 0 Å². The van der Waals surface area contributed by atoms with Gasteiger partial charge in [0.25, 0.3) is 0 Å². The molecule has 100 valence electrons. The van der Waals surface area contributed by atoms with Crippen LogP contribution in [-0.2, 0) is 9.47 Å². The third-order valence-corrected chi connectivity index (χ3v) is 2.95. The molecule has 1 aromatic carbocycles. The maximum atomic E-state index is 12.1. The second kappa shape index (κ2) is 7.10. The topological polar surface area (TPSA) is 35.5 Å². The zero-order valence-electron chi connectivity index (χ0n) is 10.6. The van der Waals surface area contributed by atoms with Crippen LogP contribution in [0.3, 0.4) is 0 Å². The summed E-state index contributed by atoms with van der Waals surface area (Å²) in [6.45, 7) is 3.97. The van der Waals surface area contributed by atoms with Crippen LogP contribution in [-0.4, -0.2) is 31.7 Å². The van der Waals surface area contributed by atoms with Gasteiger partial charge in [0.15, 0.2) is 5.78 Å². The van der Waals surface area contributed by atoms with Crippen molar-refractivity contribution in [2.24, 2.45) is 0 Å². The van der Waals surface area contributed by atoms with Crippen LogP contribution in [0, 0.1) is 0 Å². The fourth-order valence-corrected chi connectivity index (χ4v) is 2.09. The van der Waals surface area contributed by atoms with E-state index in [1.165, 1.54) is 0 Å². The van der Waals surface area contributed by atoms with E-state index in [-0.39, 0.29) is 11.9 Å². The summed E-state index contributed by atoms with van der Waals surface area (Å²) in [6.07, 6.45) is -0.728. The molecule has 1 rings (SSSR count). The first kappa shape index (κ1) is 15.4. The highest BCUT2D eigenvalue weighted by Gasteiger charge is 2.20. The summed E-state index contributed by atoms with van der Waals surface area (Å²) in [5, 5.41) is 0.834. The highest BCUT2D eigenvalue weighted by atomic mass is 35.5. The number of methoxy groups -OCH3 is 1. The lowest BCUT2D eigenvalue weighted by Crippen LogP contribution is -2.28. The van der Waals surface area contributed by atoms with Gasteiger partial charge in [0.1, 0.15) is 6.10 Å². The van der Waals surface area contributed by atoms with E-state index in [0.29, 0.717) is 22.2 Å². The molecular formula is C13H16Cl2O3. The summed E-state index contributed by atoms with van der Waals surface area (Å²) in [4.78, 5) is 12.1. The van der Waals surface area contributed by atoms with Crippen molar-refractivity contribution >= 4 is 29.0 Å². The molecule has 0 heterocycles. The molecule has 0 saturated carbocycles. The largest absolute Gasteiger partial charge is 0.382 e. The van der Waals surface area contributed by atoms with E-state index >= 15 is 0 Å². The Morgan fingerprint density at radius 1 is 1.33 bits per heavy atom. The molecule has 0 bridgehead atoms. The molecule has 0 aliphatic carbocycles. The summed E-state index contributed by atoms with van der Waals surface area (Å²) in [5.41, 5.74) is 0.415. The minimum absolute atomic E-state index is 0.153. The van der Waals surface area contributed by atoms with Gasteiger partial charge in [-0.15, -0.1) is 0 Å². The molecule has 0 fully saturated rings. The Morgan fingerprint density at radius 3 is 2.56 bits per heavy atom. The standard InChI is InChI=1S/C13H16Cl2O3/c1-8(7-17-3)18-9(2)13(16)11-5-4-10(14)6-12(11)15/h4-6,8-9H,7H2,1-3H3. The zero-order chi connectivity index (χ0) is 13.7. The molecule has 0 spiro atoms. The summed E-state index contributed by atoms with van der Waals surface area (Å²) in [7, 11) is 1.59.